The predicted molar refractivity (Wildman–Crippen MR) is 69.9 cm³/mol. The fraction of sp³-hybridized carbons (Fsp3) is 0.538. The van der Waals surface area contributed by atoms with Gasteiger partial charge in [0.15, 0.2) is 0 Å². The molecule has 18 heavy (non-hydrogen) atoms. The summed E-state index contributed by atoms with van der Waals surface area (Å²) in [6, 6.07) is 5.04. The maximum Gasteiger partial charge on any atom is 0.271 e. The quantitative estimate of drug-likeness (QED) is 0.659. The van der Waals surface area contributed by atoms with Gasteiger partial charge in [0.05, 0.1) is 11.0 Å². The zero-order valence-electron chi connectivity index (χ0n) is 10.7. The Morgan fingerprint density at radius 3 is 2.94 bits per heavy atom. The van der Waals surface area contributed by atoms with Crippen molar-refractivity contribution < 1.29 is 9.66 Å². The van der Waals surface area contributed by atoms with Crippen molar-refractivity contribution in [1.82, 2.24) is 0 Å². The van der Waals surface area contributed by atoms with Crippen LogP contribution in [0.15, 0.2) is 18.2 Å². The summed E-state index contributed by atoms with van der Waals surface area (Å²) in [5.41, 5.74) is 1.93. The molecule has 2 unspecified atom stereocenters. The number of nitrogens with zero attached hydrogens (tertiary/aromatic N) is 1. The minimum Gasteiger partial charge on any atom is -0.380 e. The Morgan fingerprint density at radius 1 is 1.56 bits per heavy atom. The number of ether oxygens (including phenoxy) is 1. The summed E-state index contributed by atoms with van der Waals surface area (Å²) < 4.78 is 5.61. The van der Waals surface area contributed by atoms with Crippen molar-refractivity contribution in [2.45, 2.75) is 38.8 Å². The van der Waals surface area contributed by atoms with Crippen molar-refractivity contribution in [2.75, 3.05) is 11.9 Å². The van der Waals surface area contributed by atoms with Crippen molar-refractivity contribution in [2.24, 2.45) is 0 Å². The van der Waals surface area contributed by atoms with E-state index in [9.17, 15) is 10.1 Å². The van der Waals surface area contributed by atoms with Gasteiger partial charge in [-0.3, -0.25) is 10.1 Å². The molecule has 0 radical (unpaired) electrons. The van der Waals surface area contributed by atoms with Crippen LogP contribution in [0.1, 0.15) is 25.3 Å². The first-order chi connectivity index (χ1) is 8.58. The van der Waals surface area contributed by atoms with Crippen LogP contribution in [0.25, 0.3) is 0 Å². The van der Waals surface area contributed by atoms with Gasteiger partial charge in [-0.1, -0.05) is 6.07 Å². The smallest absolute Gasteiger partial charge is 0.271 e. The Bertz CT molecular complexity index is 442. The number of benzene rings is 1. The van der Waals surface area contributed by atoms with Crippen molar-refractivity contribution in [3.8, 4) is 0 Å². The molecule has 0 aliphatic carbocycles. The van der Waals surface area contributed by atoms with Crippen LogP contribution in [-0.2, 0) is 4.74 Å². The Kier molecular flexibility index (Phi) is 3.81. The zero-order chi connectivity index (χ0) is 13.1. The van der Waals surface area contributed by atoms with E-state index in [-0.39, 0.29) is 22.8 Å². The van der Waals surface area contributed by atoms with Gasteiger partial charge >= 0.3 is 0 Å². The Balaban J connectivity index is 2.12. The molecule has 0 saturated carbocycles. The monoisotopic (exact) mass is 250 g/mol. The molecule has 1 heterocycles. The molecule has 1 aromatic carbocycles. The summed E-state index contributed by atoms with van der Waals surface area (Å²) in [7, 11) is 0. The van der Waals surface area contributed by atoms with Crippen LogP contribution in [0.5, 0.6) is 0 Å². The van der Waals surface area contributed by atoms with Gasteiger partial charge in [0.2, 0.25) is 0 Å². The first kappa shape index (κ1) is 12.8. The molecule has 2 rings (SSSR count). The molecule has 5 heteroatoms. The highest BCUT2D eigenvalue weighted by molar-refractivity contribution is 5.57. The lowest BCUT2D eigenvalue weighted by Gasteiger charge is -2.22. The molecule has 2 atom stereocenters. The summed E-state index contributed by atoms with van der Waals surface area (Å²) in [4.78, 5) is 10.4. The molecular weight excluding hydrogens is 232 g/mol. The van der Waals surface area contributed by atoms with Gasteiger partial charge in [-0.15, -0.1) is 0 Å². The molecule has 0 spiro atoms. The number of aryl methyl sites for hydroxylation is 1. The minimum atomic E-state index is -0.374. The molecule has 0 aromatic heterocycles. The second kappa shape index (κ2) is 5.35. The summed E-state index contributed by atoms with van der Waals surface area (Å²) >= 11 is 0. The number of nitro groups is 1. The van der Waals surface area contributed by atoms with Gasteiger partial charge in [-0.25, -0.2) is 0 Å². The first-order valence-corrected chi connectivity index (χ1v) is 6.21. The third-order valence-electron chi connectivity index (χ3n) is 3.34. The van der Waals surface area contributed by atoms with Crippen LogP contribution < -0.4 is 5.32 Å². The zero-order valence-corrected chi connectivity index (χ0v) is 10.7. The molecule has 0 amide bonds. The first-order valence-electron chi connectivity index (χ1n) is 6.21. The topological polar surface area (TPSA) is 64.4 Å². The fourth-order valence-electron chi connectivity index (χ4n) is 2.21. The third-order valence-corrected chi connectivity index (χ3v) is 3.34. The highest BCUT2D eigenvalue weighted by Gasteiger charge is 2.23. The van der Waals surface area contributed by atoms with E-state index in [4.69, 9.17) is 4.74 Å². The van der Waals surface area contributed by atoms with Crippen LogP contribution in [0.2, 0.25) is 0 Å². The number of anilines is 1. The van der Waals surface area contributed by atoms with Crippen molar-refractivity contribution in [1.29, 1.82) is 0 Å². The minimum absolute atomic E-state index is 0.114. The second-order valence-corrected chi connectivity index (χ2v) is 4.74. The van der Waals surface area contributed by atoms with Gasteiger partial charge in [-0.2, -0.15) is 0 Å². The normalized spacial score (nSPS) is 20.7. The van der Waals surface area contributed by atoms with Gasteiger partial charge < -0.3 is 10.1 Å². The fourth-order valence-corrected chi connectivity index (χ4v) is 2.21. The van der Waals surface area contributed by atoms with Gasteiger partial charge in [0, 0.05) is 30.5 Å². The number of non-ortho nitro benzene ring substituents is 1. The summed E-state index contributed by atoms with van der Waals surface area (Å²) in [5, 5.41) is 14.1. The number of nitrogens with one attached hydrogen (secondary N) is 1. The molecule has 1 fully saturated rings. The number of rotatable bonds is 4. The Labute approximate surface area is 106 Å². The Hall–Kier alpha value is -1.62. The summed E-state index contributed by atoms with van der Waals surface area (Å²) in [6.07, 6.45) is 2.33. The molecular formula is C13H18N2O3. The van der Waals surface area contributed by atoms with E-state index in [0.717, 1.165) is 30.7 Å². The lowest BCUT2D eigenvalue weighted by Crippen LogP contribution is -2.30. The molecule has 1 aliphatic heterocycles. The lowest BCUT2D eigenvalue weighted by atomic mass is 10.1. The average Bonchev–Trinajstić information content (AvgIpc) is 2.85. The van der Waals surface area contributed by atoms with Crippen molar-refractivity contribution >= 4 is 11.4 Å². The summed E-state index contributed by atoms with van der Waals surface area (Å²) in [6.45, 7) is 4.80. The number of nitro benzene ring substituents is 1. The molecule has 0 bridgehead atoms. The Morgan fingerprint density at radius 2 is 2.33 bits per heavy atom. The standard InChI is InChI=1S/C13H18N2O3/c1-9-5-6-11(15(16)17)8-12(9)14-10(2)13-4-3-7-18-13/h5-6,8,10,13-14H,3-4,7H2,1-2H3. The van der Waals surface area contributed by atoms with E-state index < -0.39 is 0 Å². The van der Waals surface area contributed by atoms with Crippen LogP contribution in [-0.4, -0.2) is 23.7 Å². The summed E-state index contributed by atoms with van der Waals surface area (Å²) in [5.74, 6) is 0. The highest BCUT2D eigenvalue weighted by Crippen LogP contribution is 2.25. The lowest BCUT2D eigenvalue weighted by molar-refractivity contribution is -0.384. The van der Waals surface area contributed by atoms with Crippen molar-refractivity contribution in [3.63, 3.8) is 0 Å². The molecule has 1 saturated heterocycles. The highest BCUT2D eigenvalue weighted by atomic mass is 16.6. The van der Waals surface area contributed by atoms with Gasteiger partial charge in [0.25, 0.3) is 5.69 Å². The third kappa shape index (κ3) is 2.79. The predicted octanol–water partition coefficient (Wildman–Crippen LogP) is 2.88. The van der Waals surface area contributed by atoms with E-state index in [1.807, 2.05) is 13.8 Å². The van der Waals surface area contributed by atoms with Gasteiger partial charge in [0.1, 0.15) is 0 Å². The molecule has 1 N–H and O–H groups in total. The maximum atomic E-state index is 10.8. The van der Waals surface area contributed by atoms with E-state index >= 15 is 0 Å². The maximum absolute atomic E-state index is 10.8. The molecule has 1 aliphatic rings. The van der Waals surface area contributed by atoms with Gasteiger partial charge in [-0.05, 0) is 32.3 Å². The van der Waals surface area contributed by atoms with E-state index in [2.05, 4.69) is 5.32 Å². The second-order valence-electron chi connectivity index (χ2n) is 4.74. The average molecular weight is 250 g/mol. The van der Waals surface area contributed by atoms with Crippen molar-refractivity contribution in [3.05, 3.63) is 33.9 Å². The van der Waals surface area contributed by atoms with Crippen LogP contribution in [0, 0.1) is 17.0 Å². The number of hydrogen-bond donors (Lipinski definition) is 1. The van der Waals surface area contributed by atoms with Crippen LogP contribution in [0.3, 0.4) is 0 Å². The van der Waals surface area contributed by atoms with E-state index in [1.54, 1.807) is 12.1 Å². The van der Waals surface area contributed by atoms with Crippen LogP contribution in [0.4, 0.5) is 11.4 Å². The van der Waals surface area contributed by atoms with Crippen LogP contribution >= 0.6 is 0 Å². The number of hydrogen-bond acceptors (Lipinski definition) is 4. The molecule has 1 aromatic rings. The van der Waals surface area contributed by atoms with E-state index in [1.165, 1.54) is 6.07 Å². The van der Waals surface area contributed by atoms with E-state index in [0.29, 0.717) is 0 Å². The molecule has 5 nitrogen and oxygen atoms in total. The largest absolute Gasteiger partial charge is 0.380 e. The SMILES string of the molecule is Cc1ccc([N+](=O)[O-])cc1NC(C)C1CCCO1. The molecule has 98 valence electrons.